The van der Waals surface area contributed by atoms with Crippen LogP contribution in [-0.2, 0) is 11.7 Å². The van der Waals surface area contributed by atoms with Crippen molar-refractivity contribution >= 4 is 28.1 Å². The highest BCUT2D eigenvalue weighted by Gasteiger charge is 2.39. The van der Waals surface area contributed by atoms with E-state index >= 15 is 0 Å². The highest BCUT2D eigenvalue weighted by molar-refractivity contribution is 5.91. The molecule has 37 heavy (non-hydrogen) atoms. The topological polar surface area (TPSA) is 98.5 Å². The number of H-pyrrole nitrogens is 1. The van der Waals surface area contributed by atoms with Crippen molar-refractivity contribution in [3.05, 3.63) is 82.8 Å². The van der Waals surface area contributed by atoms with E-state index < -0.39 is 17.3 Å². The van der Waals surface area contributed by atoms with Crippen LogP contribution in [0.15, 0.2) is 71.7 Å². The van der Waals surface area contributed by atoms with E-state index in [2.05, 4.69) is 21.7 Å². The molecule has 5 rings (SSSR count). The summed E-state index contributed by atoms with van der Waals surface area (Å²) in [6, 6.07) is 18.8. The Balaban J connectivity index is 1.47. The van der Waals surface area contributed by atoms with Crippen molar-refractivity contribution < 1.29 is 13.2 Å². The Bertz CT molecular complexity index is 1480. The second-order valence-corrected chi connectivity index (χ2v) is 9.37. The van der Waals surface area contributed by atoms with Crippen molar-refractivity contribution in [2.24, 2.45) is 0 Å². The first kappa shape index (κ1) is 24.4. The van der Waals surface area contributed by atoms with Crippen LogP contribution in [0.5, 0.6) is 0 Å². The standard InChI is InChI=1S/C27H25F3N6O/c28-27(29,30)18-6-8-20(9-7-18)34-24-23-22(12-17-32-25(23)37)36(35-24)26(15-16-31)13-10-21(11-14-26)33-19-4-2-1-3-5-19/h1-9,12,17,21,33H,10-11,13-15H2,(H,32,37)(H,34,35)/t21-,26-. The van der Waals surface area contributed by atoms with Gasteiger partial charge in [-0.1, -0.05) is 18.2 Å². The molecule has 0 aliphatic heterocycles. The first-order valence-corrected chi connectivity index (χ1v) is 12.0. The lowest BCUT2D eigenvalue weighted by Gasteiger charge is -2.40. The molecule has 0 amide bonds. The maximum absolute atomic E-state index is 13.0. The van der Waals surface area contributed by atoms with Gasteiger partial charge in [-0.25, -0.2) is 0 Å². The summed E-state index contributed by atoms with van der Waals surface area (Å²) in [6.45, 7) is 0. The van der Waals surface area contributed by atoms with Crippen molar-refractivity contribution in [1.82, 2.24) is 14.8 Å². The van der Waals surface area contributed by atoms with Gasteiger partial charge in [-0.2, -0.15) is 23.5 Å². The van der Waals surface area contributed by atoms with Crippen LogP contribution >= 0.6 is 0 Å². The first-order valence-electron chi connectivity index (χ1n) is 12.0. The molecule has 1 aliphatic carbocycles. The van der Waals surface area contributed by atoms with Gasteiger partial charge in [-0.15, -0.1) is 0 Å². The van der Waals surface area contributed by atoms with Crippen LogP contribution in [0.4, 0.5) is 30.4 Å². The molecule has 0 atom stereocenters. The third-order valence-electron chi connectivity index (χ3n) is 7.00. The van der Waals surface area contributed by atoms with Crippen LogP contribution in [-0.4, -0.2) is 20.8 Å². The van der Waals surface area contributed by atoms with Crippen molar-refractivity contribution in [1.29, 1.82) is 5.26 Å². The number of para-hydroxylation sites is 1. The number of hydrogen-bond donors (Lipinski definition) is 3. The molecular weight excluding hydrogens is 481 g/mol. The van der Waals surface area contributed by atoms with E-state index in [1.165, 1.54) is 18.3 Å². The van der Waals surface area contributed by atoms with Gasteiger partial charge in [0, 0.05) is 23.6 Å². The summed E-state index contributed by atoms with van der Waals surface area (Å²) >= 11 is 0. The predicted molar refractivity (Wildman–Crippen MR) is 136 cm³/mol. The van der Waals surface area contributed by atoms with Gasteiger partial charge in [-0.05, 0) is 68.1 Å². The first-order chi connectivity index (χ1) is 17.8. The number of aromatic amines is 1. The van der Waals surface area contributed by atoms with E-state index in [4.69, 9.17) is 5.10 Å². The summed E-state index contributed by atoms with van der Waals surface area (Å²) in [5.41, 5.74) is 0.232. The minimum absolute atomic E-state index is 0.217. The maximum Gasteiger partial charge on any atom is 0.416 e. The maximum atomic E-state index is 13.0. The fourth-order valence-corrected chi connectivity index (χ4v) is 5.09. The minimum atomic E-state index is -4.44. The number of nitrogens with one attached hydrogen (secondary N) is 3. The monoisotopic (exact) mass is 506 g/mol. The van der Waals surface area contributed by atoms with Gasteiger partial charge >= 0.3 is 6.18 Å². The van der Waals surface area contributed by atoms with Crippen LogP contribution in [0.3, 0.4) is 0 Å². The molecule has 4 aromatic rings. The fourth-order valence-electron chi connectivity index (χ4n) is 5.09. The summed E-state index contributed by atoms with van der Waals surface area (Å²) in [5.74, 6) is 0.235. The Kier molecular flexibility index (Phi) is 6.38. The average Bonchev–Trinajstić information content (AvgIpc) is 3.26. The second kappa shape index (κ2) is 9.65. The molecule has 1 fully saturated rings. The molecule has 0 radical (unpaired) electrons. The molecular formula is C27H25F3N6O. The van der Waals surface area contributed by atoms with E-state index in [9.17, 15) is 23.2 Å². The highest BCUT2D eigenvalue weighted by Crippen LogP contribution is 2.41. The van der Waals surface area contributed by atoms with E-state index in [0.29, 0.717) is 29.4 Å². The van der Waals surface area contributed by atoms with E-state index in [1.807, 2.05) is 30.3 Å². The molecule has 3 N–H and O–H groups in total. The van der Waals surface area contributed by atoms with Gasteiger partial charge in [0.15, 0.2) is 5.82 Å². The Hall–Kier alpha value is -4.26. The van der Waals surface area contributed by atoms with Gasteiger partial charge in [0.1, 0.15) is 5.39 Å². The Morgan fingerprint density at radius 1 is 1.05 bits per heavy atom. The summed E-state index contributed by atoms with van der Waals surface area (Å²) < 4.78 is 40.7. The molecule has 2 heterocycles. The van der Waals surface area contributed by atoms with Crippen molar-refractivity contribution in [3.8, 4) is 6.07 Å². The molecule has 0 saturated heterocycles. The number of pyridine rings is 1. The molecule has 1 aliphatic rings. The normalized spacial score (nSPS) is 19.9. The van der Waals surface area contributed by atoms with E-state index in [0.717, 1.165) is 30.7 Å². The number of benzene rings is 2. The van der Waals surface area contributed by atoms with Crippen LogP contribution in [0.1, 0.15) is 37.7 Å². The Morgan fingerprint density at radius 2 is 1.76 bits per heavy atom. The molecule has 2 aromatic heterocycles. The number of halogens is 3. The van der Waals surface area contributed by atoms with Crippen LogP contribution < -0.4 is 16.2 Å². The SMILES string of the molecule is N#CC[C@]1(n2nc(Nc3ccc(C(F)(F)F)cc3)c3c(=O)[nH]ccc32)CC[C@H](Nc2ccccc2)CC1. The number of fused-ring (bicyclic) bond motifs is 1. The fraction of sp³-hybridized carbons (Fsp3) is 0.296. The van der Waals surface area contributed by atoms with Crippen molar-refractivity contribution in [3.63, 3.8) is 0 Å². The number of nitrogens with zero attached hydrogens (tertiary/aromatic N) is 3. The Labute approximate surface area is 210 Å². The summed E-state index contributed by atoms with van der Waals surface area (Å²) in [4.78, 5) is 15.5. The van der Waals surface area contributed by atoms with Crippen molar-refractivity contribution in [2.45, 2.75) is 49.9 Å². The third-order valence-corrected chi connectivity index (χ3v) is 7.00. The largest absolute Gasteiger partial charge is 0.416 e. The quantitative estimate of drug-likeness (QED) is 0.291. The lowest BCUT2D eigenvalue weighted by atomic mass is 9.77. The summed E-state index contributed by atoms with van der Waals surface area (Å²) in [6.07, 6.45) is 0.276. The number of hydrogen-bond acceptors (Lipinski definition) is 5. The minimum Gasteiger partial charge on any atom is -0.382 e. The number of aromatic nitrogens is 3. The Morgan fingerprint density at radius 3 is 2.41 bits per heavy atom. The van der Waals surface area contributed by atoms with Gasteiger partial charge in [-0.3, -0.25) is 9.48 Å². The predicted octanol–water partition coefficient (Wildman–Crippen LogP) is 6.15. The summed E-state index contributed by atoms with van der Waals surface area (Å²) in [7, 11) is 0. The van der Waals surface area contributed by atoms with Crippen LogP contribution in [0.25, 0.3) is 10.9 Å². The number of alkyl halides is 3. The summed E-state index contributed by atoms with van der Waals surface area (Å²) in [5, 5.41) is 21.3. The lowest BCUT2D eigenvalue weighted by Crippen LogP contribution is -2.41. The van der Waals surface area contributed by atoms with Crippen molar-refractivity contribution in [2.75, 3.05) is 10.6 Å². The molecule has 10 heteroatoms. The molecule has 0 bridgehead atoms. The lowest BCUT2D eigenvalue weighted by molar-refractivity contribution is -0.137. The van der Waals surface area contributed by atoms with E-state index in [-0.39, 0.29) is 23.8 Å². The van der Waals surface area contributed by atoms with Gasteiger partial charge in [0.05, 0.1) is 29.1 Å². The zero-order valence-electron chi connectivity index (χ0n) is 19.8. The molecule has 190 valence electrons. The number of rotatable bonds is 6. The zero-order valence-corrected chi connectivity index (χ0v) is 19.8. The van der Waals surface area contributed by atoms with E-state index in [1.54, 1.807) is 10.7 Å². The average molecular weight is 507 g/mol. The zero-order chi connectivity index (χ0) is 26.0. The second-order valence-electron chi connectivity index (χ2n) is 9.37. The molecule has 0 unspecified atom stereocenters. The van der Waals surface area contributed by atoms with Crippen LogP contribution in [0, 0.1) is 11.3 Å². The molecule has 2 aromatic carbocycles. The highest BCUT2D eigenvalue weighted by atomic mass is 19.4. The molecule has 0 spiro atoms. The molecule has 7 nitrogen and oxygen atoms in total. The molecule has 1 saturated carbocycles. The van der Waals surface area contributed by atoms with Gasteiger partial charge < -0.3 is 15.6 Å². The number of nitriles is 1. The van der Waals surface area contributed by atoms with Crippen LogP contribution in [0.2, 0.25) is 0 Å². The van der Waals surface area contributed by atoms with Gasteiger partial charge in [0.2, 0.25) is 0 Å². The number of anilines is 3. The smallest absolute Gasteiger partial charge is 0.382 e. The van der Waals surface area contributed by atoms with Gasteiger partial charge in [0.25, 0.3) is 5.56 Å². The third kappa shape index (κ3) is 4.89.